The van der Waals surface area contributed by atoms with Crippen LogP contribution < -0.4 is 15.4 Å². The number of nitrogens with one attached hydrogen (secondary N) is 2. The number of methoxy groups -OCH3 is 1. The molecule has 3 heterocycles. The van der Waals surface area contributed by atoms with Crippen molar-refractivity contribution in [2.24, 2.45) is 0 Å². The molecule has 2 atom stereocenters. The fourth-order valence-corrected chi connectivity index (χ4v) is 4.64. The summed E-state index contributed by atoms with van der Waals surface area (Å²) in [6.45, 7) is 4.20. The molecule has 4 rings (SSSR count). The number of ether oxygens (including phenoxy) is 1. The average molecular weight is 532 g/mol. The normalized spacial score (nSPS) is 18.3. The number of pyridine rings is 1. The number of piperidine rings is 1. The summed E-state index contributed by atoms with van der Waals surface area (Å²) in [4.78, 5) is 6.05. The van der Waals surface area contributed by atoms with Gasteiger partial charge in [0.25, 0.3) is 0 Å². The Morgan fingerprint density at radius 1 is 1.18 bits per heavy atom. The second-order valence-electron chi connectivity index (χ2n) is 9.94. The minimum absolute atomic E-state index is 0.202. The highest BCUT2D eigenvalue weighted by Gasteiger charge is 2.31. The summed E-state index contributed by atoms with van der Waals surface area (Å²) in [5, 5.41) is 6.88. The third-order valence-electron chi connectivity index (χ3n) is 6.73. The van der Waals surface area contributed by atoms with Crippen LogP contribution in [0.15, 0.2) is 36.7 Å². The van der Waals surface area contributed by atoms with Crippen molar-refractivity contribution in [2.45, 2.75) is 51.1 Å². The van der Waals surface area contributed by atoms with Crippen molar-refractivity contribution in [1.29, 1.82) is 0 Å². The van der Waals surface area contributed by atoms with E-state index >= 15 is 0 Å². The Labute approximate surface area is 220 Å². The minimum Gasteiger partial charge on any atom is -0.495 e. The first-order valence-corrected chi connectivity index (χ1v) is 12.6. The molecule has 1 aromatic carbocycles. The third-order valence-corrected chi connectivity index (χ3v) is 6.73. The molecule has 38 heavy (non-hydrogen) atoms. The van der Waals surface area contributed by atoms with Gasteiger partial charge in [0.05, 0.1) is 54.7 Å². The number of halogens is 4. The first-order valence-electron chi connectivity index (χ1n) is 12.6. The van der Waals surface area contributed by atoms with Crippen LogP contribution in [0.2, 0.25) is 0 Å². The molecule has 0 unspecified atom stereocenters. The molecule has 1 saturated heterocycles. The SMILES string of the molecule is COc1cc(C(C)C)ccc1NCC#Cc1cc2c(N[C@@H]3CCN(C)C[C@@H]3F)cncc2n1CC(F)(F)F. The maximum absolute atomic E-state index is 14.6. The summed E-state index contributed by atoms with van der Waals surface area (Å²) < 4.78 is 61.7. The molecule has 0 spiro atoms. The molecule has 0 amide bonds. The molecule has 2 N–H and O–H groups in total. The zero-order chi connectivity index (χ0) is 27.4. The van der Waals surface area contributed by atoms with Gasteiger partial charge in [-0.25, -0.2) is 4.39 Å². The highest BCUT2D eigenvalue weighted by molar-refractivity contribution is 5.93. The van der Waals surface area contributed by atoms with Crippen molar-refractivity contribution in [2.75, 3.05) is 44.4 Å². The van der Waals surface area contributed by atoms with Crippen LogP contribution in [-0.4, -0.2) is 66.6 Å². The lowest BCUT2D eigenvalue weighted by Crippen LogP contribution is -2.46. The molecule has 3 aromatic rings. The number of hydrogen-bond acceptors (Lipinski definition) is 5. The van der Waals surface area contributed by atoms with E-state index in [0.29, 0.717) is 41.2 Å². The van der Waals surface area contributed by atoms with Gasteiger partial charge in [-0.2, -0.15) is 13.2 Å². The molecule has 1 fully saturated rings. The summed E-state index contributed by atoms with van der Waals surface area (Å²) >= 11 is 0. The molecule has 6 nitrogen and oxygen atoms in total. The zero-order valence-electron chi connectivity index (χ0n) is 22.0. The van der Waals surface area contributed by atoms with Crippen molar-refractivity contribution in [3.8, 4) is 17.6 Å². The Morgan fingerprint density at radius 2 is 1.97 bits per heavy atom. The smallest absolute Gasteiger partial charge is 0.406 e. The Hall–Kier alpha value is -3.45. The van der Waals surface area contributed by atoms with Crippen LogP contribution in [0, 0.1) is 11.8 Å². The number of fused-ring (bicyclic) bond motifs is 1. The van der Waals surface area contributed by atoms with Gasteiger partial charge in [-0.05, 0) is 49.1 Å². The topological polar surface area (TPSA) is 54.4 Å². The van der Waals surface area contributed by atoms with E-state index in [9.17, 15) is 17.6 Å². The molecule has 1 aliphatic rings. The number of aromatic nitrogens is 2. The number of rotatable bonds is 7. The van der Waals surface area contributed by atoms with Crippen molar-refractivity contribution in [3.05, 3.63) is 47.9 Å². The molecule has 10 heteroatoms. The van der Waals surface area contributed by atoms with Crippen LogP contribution in [-0.2, 0) is 6.54 Å². The maximum Gasteiger partial charge on any atom is 0.406 e. The second kappa shape index (κ2) is 11.5. The highest BCUT2D eigenvalue weighted by atomic mass is 19.4. The summed E-state index contributed by atoms with van der Waals surface area (Å²) in [5.74, 6) is 6.83. The van der Waals surface area contributed by atoms with Gasteiger partial charge in [0.2, 0.25) is 0 Å². The number of anilines is 2. The quantitative estimate of drug-likeness (QED) is 0.305. The van der Waals surface area contributed by atoms with Crippen LogP contribution in [0.25, 0.3) is 10.9 Å². The second-order valence-corrected chi connectivity index (χ2v) is 9.94. The fourth-order valence-electron chi connectivity index (χ4n) is 4.64. The van der Waals surface area contributed by atoms with Crippen LogP contribution in [0.4, 0.5) is 28.9 Å². The van der Waals surface area contributed by atoms with Gasteiger partial charge in [-0.3, -0.25) is 4.98 Å². The van der Waals surface area contributed by atoms with E-state index in [-0.39, 0.29) is 12.2 Å². The summed E-state index contributed by atoms with van der Waals surface area (Å²) in [6, 6.07) is 7.02. The minimum atomic E-state index is -4.45. The van der Waals surface area contributed by atoms with Crippen molar-refractivity contribution < 1.29 is 22.3 Å². The van der Waals surface area contributed by atoms with Gasteiger partial charge in [-0.15, -0.1) is 0 Å². The van der Waals surface area contributed by atoms with Crippen molar-refractivity contribution >= 4 is 22.3 Å². The Bertz CT molecular complexity index is 1320. The van der Waals surface area contributed by atoms with Gasteiger partial charge in [0.15, 0.2) is 0 Å². The number of alkyl halides is 4. The van der Waals surface area contributed by atoms with Crippen molar-refractivity contribution in [1.82, 2.24) is 14.5 Å². The Balaban J connectivity index is 1.60. The van der Waals surface area contributed by atoms with Gasteiger partial charge >= 0.3 is 6.18 Å². The van der Waals surface area contributed by atoms with Gasteiger partial charge in [-0.1, -0.05) is 25.8 Å². The van der Waals surface area contributed by atoms with Crippen LogP contribution in [0.1, 0.15) is 37.4 Å². The average Bonchev–Trinajstić information content (AvgIpc) is 3.20. The molecule has 0 radical (unpaired) electrons. The largest absolute Gasteiger partial charge is 0.495 e. The fraction of sp³-hybridized carbons (Fsp3) is 0.464. The molecular weight excluding hydrogens is 498 g/mol. The van der Waals surface area contributed by atoms with Gasteiger partial charge in [0.1, 0.15) is 18.5 Å². The van der Waals surface area contributed by atoms with E-state index in [4.69, 9.17) is 4.74 Å². The van der Waals surface area contributed by atoms with E-state index < -0.39 is 24.9 Å². The molecule has 0 bridgehead atoms. The highest BCUT2D eigenvalue weighted by Crippen LogP contribution is 2.31. The number of nitrogens with zero attached hydrogens (tertiary/aromatic N) is 3. The molecule has 204 valence electrons. The van der Waals surface area contributed by atoms with Crippen molar-refractivity contribution in [3.63, 3.8) is 0 Å². The lowest BCUT2D eigenvalue weighted by Gasteiger charge is -2.33. The Morgan fingerprint density at radius 3 is 2.66 bits per heavy atom. The predicted molar refractivity (Wildman–Crippen MR) is 143 cm³/mol. The molecular formula is C28H33F4N5O. The summed E-state index contributed by atoms with van der Waals surface area (Å²) in [5.41, 5.74) is 2.87. The lowest BCUT2D eigenvalue weighted by atomic mass is 10.0. The van der Waals surface area contributed by atoms with E-state index in [1.165, 1.54) is 12.4 Å². The van der Waals surface area contributed by atoms with Crippen LogP contribution >= 0.6 is 0 Å². The van der Waals surface area contributed by atoms with E-state index in [2.05, 4.69) is 41.3 Å². The number of hydrogen-bond donors (Lipinski definition) is 2. The van der Waals surface area contributed by atoms with Gasteiger partial charge < -0.3 is 24.8 Å². The van der Waals surface area contributed by atoms with Crippen LogP contribution in [0.5, 0.6) is 5.75 Å². The first kappa shape index (κ1) is 27.6. The van der Waals surface area contributed by atoms with Crippen LogP contribution in [0.3, 0.4) is 0 Å². The molecule has 0 saturated carbocycles. The standard InChI is InChI=1S/C28H33F4N5O/c1-18(2)19-7-8-24(27(12-19)38-4)34-10-5-6-20-13-21-25(35-23-9-11-36(3)16-22(23)29)14-33-15-26(21)37(20)17-28(30,31)32/h7-8,12-15,18,22-23,34-35H,9-11,16-17H2,1-4H3/t22-,23+/m0/s1. The summed E-state index contributed by atoms with van der Waals surface area (Å²) in [6.07, 6.45) is -2.06. The monoisotopic (exact) mass is 531 g/mol. The Kier molecular flexibility index (Phi) is 8.36. The third kappa shape index (κ3) is 6.51. The maximum atomic E-state index is 14.6. The molecule has 1 aliphatic heterocycles. The molecule has 0 aliphatic carbocycles. The number of likely N-dealkylation sites (tertiary alicyclic amines) is 1. The van der Waals surface area contributed by atoms with Gasteiger partial charge in [0, 0.05) is 18.5 Å². The van der Waals surface area contributed by atoms with E-state index in [1.54, 1.807) is 13.2 Å². The lowest BCUT2D eigenvalue weighted by molar-refractivity contribution is -0.140. The zero-order valence-corrected chi connectivity index (χ0v) is 22.0. The summed E-state index contributed by atoms with van der Waals surface area (Å²) in [7, 11) is 3.45. The van der Waals surface area contributed by atoms with E-state index in [1.807, 2.05) is 30.1 Å². The number of benzene rings is 1. The first-order chi connectivity index (χ1) is 18.1. The van der Waals surface area contributed by atoms with E-state index in [0.717, 1.165) is 22.4 Å². The predicted octanol–water partition coefficient (Wildman–Crippen LogP) is 5.65. The molecule has 2 aromatic heterocycles.